The molecule has 2 aliphatic rings. The predicted octanol–water partition coefficient (Wildman–Crippen LogP) is 2.30. The summed E-state index contributed by atoms with van der Waals surface area (Å²) in [6, 6.07) is 5.20. The molecule has 24 heavy (non-hydrogen) atoms. The number of quaternary nitrogens is 1. The summed E-state index contributed by atoms with van der Waals surface area (Å²) in [5.74, 6) is 0.186. The molecule has 2 fully saturated rings. The number of nitrogens with one attached hydrogen (secondary N) is 2. The van der Waals surface area contributed by atoms with Crippen LogP contribution in [0.4, 0.5) is 5.69 Å². The molecule has 2 aromatic rings. The van der Waals surface area contributed by atoms with Crippen LogP contribution in [-0.2, 0) is 4.79 Å². The molecule has 1 aliphatic carbocycles. The average molecular weight is 348 g/mol. The standard InChI is InChI=1S/C18H19ClN2O3/c19-12-5-6-14-13(9-12)16(18(24-14)17(23)11-3-4-11)20-15(22)10-21-7-1-2-8-21/h5-6,9,11H,1-4,7-8,10H2,(H,20,22)/p+1. The molecule has 6 heteroatoms. The van der Waals surface area contributed by atoms with Gasteiger partial charge in [-0.05, 0) is 31.0 Å². The monoisotopic (exact) mass is 347 g/mol. The zero-order valence-electron chi connectivity index (χ0n) is 13.4. The van der Waals surface area contributed by atoms with E-state index in [1.54, 1.807) is 18.2 Å². The quantitative estimate of drug-likeness (QED) is 0.816. The van der Waals surface area contributed by atoms with Gasteiger partial charge in [-0.3, -0.25) is 9.59 Å². The summed E-state index contributed by atoms with van der Waals surface area (Å²) in [7, 11) is 0. The molecule has 4 rings (SSSR count). The normalized spacial score (nSPS) is 18.2. The predicted molar refractivity (Wildman–Crippen MR) is 91.7 cm³/mol. The van der Waals surface area contributed by atoms with E-state index in [9.17, 15) is 9.59 Å². The first-order valence-corrected chi connectivity index (χ1v) is 8.89. The molecular weight excluding hydrogens is 328 g/mol. The minimum atomic E-state index is -0.0839. The molecule has 1 amide bonds. The minimum Gasteiger partial charge on any atom is -0.451 e. The second-order valence-electron chi connectivity index (χ2n) is 6.77. The molecule has 0 radical (unpaired) electrons. The Morgan fingerprint density at radius 3 is 2.71 bits per heavy atom. The van der Waals surface area contributed by atoms with E-state index >= 15 is 0 Å². The van der Waals surface area contributed by atoms with Crippen molar-refractivity contribution in [2.45, 2.75) is 25.7 Å². The lowest BCUT2D eigenvalue weighted by Crippen LogP contribution is -3.11. The van der Waals surface area contributed by atoms with E-state index in [4.69, 9.17) is 16.0 Å². The van der Waals surface area contributed by atoms with Crippen molar-refractivity contribution >= 4 is 39.9 Å². The zero-order valence-corrected chi connectivity index (χ0v) is 14.1. The summed E-state index contributed by atoms with van der Waals surface area (Å²) in [5.41, 5.74) is 1.06. The van der Waals surface area contributed by atoms with E-state index in [1.807, 2.05) is 0 Å². The van der Waals surface area contributed by atoms with Crippen LogP contribution in [0, 0.1) is 5.92 Å². The lowest BCUT2D eigenvalue weighted by atomic mass is 10.1. The Hall–Kier alpha value is -1.85. The molecule has 0 bridgehead atoms. The van der Waals surface area contributed by atoms with Crippen molar-refractivity contribution in [2.24, 2.45) is 5.92 Å². The number of carbonyl (C=O) groups is 2. The number of Topliss-reactive ketones (excluding diaryl/α,β-unsaturated/α-hetero) is 1. The van der Waals surface area contributed by atoms with Gasteiger partial charge in [-0.15, -0.1) is 0 Å². The fraction of sp³-hybridized carbons (Fsp3) is 0.444. The summed E-state index contributed by atoms with van der Waals surface area (Å²) in [6.45, 7) is 2.47. The molecule has 1 aromatic carbocycles. The number of fused-ring (bicyclic) bond motifs is 1. The molecule has 0 atom stereocenters. The van der Waals surface area contributed by atoms with Crippen LogP contribution in [0.3, 0.4) is 0 Å². The summed E-state index contributed by atoms with van der Waals surface area (Å²) in [5, 5.41) is 4.16. The van der Waals surface area contributed by atoms with Crippen LogP contribution in [0.15, 0.2) is 22.6 Å². The molecular formula is C18H20ClN2O3+. The molecule has 0 unspecified atom stereocenters. The number of halogens is 1. The maximum absolute atomic E-state index is 12.5. The second kappa shape index (κ2) is 6.22. The van der Waals surface area contributed by atoms with Crippen molar-refractivity contribution in [3.63, 3.8) is 0 Å². The first kappa shape index (κ1) is 15.7. The highest BCUT2D eigenvalue weighted by Crippen LogP contribution is 2.39. The van der Waals surface area contributed by atoms with Crippen molar-refractivity contribution in [3.05, 3.63) is 29.0 Å². The zero-order chi connectivity index (χ0) is 16.7. The number of amides is 1. The number of ketones is 1. The van der Waals surface area contributed by atoms with Gasteiger partial charge in [0.25, 0.3) is 5.91 Å². The largest absolute Gasteiger partial charge is 0.451 e. The lowest BCUT2D eigenvalue weighted by molar-refractivity contribution is -0.878. The Kier molecular flexibility index (Phi) is 4.06. The molecule has 126 valence electrons. The maximum atomic E-state index is 12.5. The van der Waals surface area contributed by atoms with E-state index in [0.717, 1.165) is 38.8 Å². The number of rotatable bonds is 5. The highest BCUT2D eigenvalue weighted by atomic mass is 35.5. The van der Waals surface area contributed by atoms with Crippen LogP contribution < -0.4 is 10.2 Å². The van der Waals surface area contributed by atoms with Crippen LogP contribution in [0.1, 0.15) is 36.2 Å². The summed E-state index contributed by atoms with van der Waals surface area (Å²) in [6.07, 6.45) is 4.11. The Balaban J connectivity index is 1.65. The Morgan fingerprint density at radius 2 is 2.00 bits per heavy atom. The van der Waals surface area contributed by atoms with E-state index < -0.39 is 0 Å². The van der Waals surface area contributed by atoms with Gasteiger partial charge in [0.15, 0.2) is 12.3 Å². The van der Waals surface area contributed by atoms with Gasteiger partial charge < -0.3 is 14.6 Å². The molecule has 1 saturated heterocycles. The highest BCUT2D eigenvalue weighted by Gasteiger charge is 2.35. The number of likely N-dealkylation sites (tertiary alicyclic amines) is 1. The van der Waals surface area contributed by atoms with Crippen LogP contribution >= 0.6 is 11.6 Å². The molecule has 1 aromatic heterocycles. The van der Waals surface area contributed by atoms with Crippen molar-refractivity contribution in [3.8, 4) is 0 Å². The number of benzene rings is 1. The van der Waals surface area contributed by atoms with Gasteiger partial charge >= 0.3 is 0 Å². The third kappa shape index (κ3) is 3.06. The van der Waals surface area contributed by atoms with Gasteiger partial charge in [0.1, 0.15) is 5.58 Å². The molecule has 1 saturated carbocycles. The molecule has 5 nitrogen and oxygen atoms in total. The van der Waals surface area contributed by atoms with Gasteiger partial charge in [0, 0.05) is 29.2 Å². The number of carbonyl (C=O) groups excluding carboxylic acids is 2. The van der Waals surface area contributed by atoms with Crippen molar-refractivity contribution in [1.29, 1.82) is 0 Å². The van der Waals surface area contributed by atoms with Gasteiger partial charge in [0.2, 0.25) is 5.78 Å². The van der Waals surface area contributed by atoms with Crippen molar-refractivity contribution < 1.29 is 18.9 Å². The van der Waals surface area contributed by atoms with Crippen LogP contribution in [-0.4, -0.2) is 31.3 Å². The van der Waals surface area contributed by atoms with E-state index in [1.165, 1.54) is 4.90 Å². The van der Waals surface area contributed by atoms with Gasteiger partial charge in [-0.1, -0.05) is 11.6 Å². The molecule has 2 heterocycles. The van der Waals surface area contributed by atoms with E-state index in [0.29, 0.717) is 28.2 Å². The average Bonchev–Trinajstić information content (AvgIpc) is 3.19. The number of anilines is 1. The summed E-state index contributed by atoms with van der Waals surface area (Å²) in [4.78, 5) is 26.2. The first-order chi connectivity index (χ1) is 11.6. The Morgan fingerprint density at radius 1 is 1.25 bits per heavy atom. The summed E-state index contributed by atoms with van der Waals surface area (Å²) >= 11 is 6.08. The number of hydrogen-bond donors (Lipinski definition) is 2. The second-order valence-corrected chi connectivity index (χ2v) is 7.20. The first-order valence-electron chi connectivity index (χ1n) is 8.51. The van der Waals surface area contributed by atoms with Gasteiger partial charge in [-0.2, -0.15) is 0 Å². The number of hydrogen-bond acceptors (Lipinski definition) is 3. The highest BCUT2D eigenvalue weighted by molar-refractivity contribution is 6.31. The van der Waals surface area contributed by atoms with Crippen LogP contribution in [0.5, 0.6) is 0 Å². The van der Waals surface area contributed by atoms with E-state index in [2.05, 4.69) is 5.32 Å². The third-order valence-corrected chi connectivity index (χ3v) is 5.04. The smallest absolute Gasteiger partial charge is 0.279 e. The summed E-state index contributed by atoms with van der Waals surface area (Å²) < 4.78 is 5.76. The number of furan rings is 1. The van der Waals surface area contributed by atoms with Crippen LogP contribution in [0.2, 0.25) is 5.02 Å². The lowest BCUT2D eigenvalue weighted by Gasteiger charge is -2.12. The molecule has 2 N–H and O–H groups in total. The van der Waals surface area contributed by atoms with Gasteiger partial charge in [-0.25, -0.2) is 0 Å². The van der Waals surface area contributed by atoms with Crippen LogP contribution in [0.25, 0.3) is 11.0 Å². The van der Waals surface area contributed by atoms with E-state index in [-0.39, 0.29) is 23.4 Å². The minimum absolute atomic E-state index is 0.0221. The van der Waals surface area contributed by atoms with Crippen molar-refractivity contribution in [1.82, 2.24) is 0 Å². The Bertz CT molecular complexity index is 804. The Labute approximate surface area is 144 Å². The molecule has 1 aliphatic heterocycles. The fourth-order valence-electron chi connectivity index (χ4n) is 3.36. The van der Waals surface area contributed by atoms with Gasteiger partial charge in [0.05, 0.1) is 18.8 Å². The maximum Gasteiger partial charge on any atom is 0.279 e. The third-order valence-electron chi connectivity index (χ3n) is 4.81. The fourth-order valence-corrected chi connectivity index (χ4v) is 3.53. The van der Waals surface area contributed by atoms with Crippen molar-refractivity contribution in [2.75, 3.05) is 25.0 Å². The SMILES string of the molecule is O=C(C[NH+]1CCCC1)Nc1c(C(=O)C2CC2)oc2ccc(Cl)cc12. The topological polar surface area (TPSA) is 63.8 Å². The molecule has 0 spiro atoms.